The lowest BCUT2D eigenvalue weighted by atomic mass is 10.2. The first-order valence-corrected chi connectivity index (χ1v) is 8.32. The summed E-state index contributed by atoms with van der Waals surface area (Å²) in [5.74, 6) is 0. The van der Waals surface area contributed by atoms with Crippen LogP contribution in [-0.4, -0.2) is 33.2 Å². The van der Waals surface area contributed by atoms with Gasteiger partial charge in [-0.1, -0.05) is 23.8 Å². The van der Waals surface area contributed by atoms with E-state index in [4.69, 9.17) is 34.3 Å². The fourth-order valence-corrected chi connectivity index (χ4v) is 3.15. The summed E-state index contributed by atoms with van der Waals surface area (Å²) >= 11 is 10.8. The highest BCUT2D eigenvalue weighted by Gasteiger charge is 2.15. The molecule has 8 heteroatoms. The molecule has 3 N–H and O–H groups in total. The number of rotatable bonds is 8. The second kappa shape index (κ2) is 7.90. The molecule has 0 aliphatic heterocycles. The first kappa shape index (κ1) is 17.3. The molecule has 1 aromatic carbocycles. The summed E-state index contributed by atoms with van der Waals surface area (Å²) < 4.78 is 31.7. The van der Waals surface area contributed by atoms with E-state index >= 15 is 0 Å². The molecular formula is C12H17ClN2O3S2. The van der Waals surface area contributed by atoms with Crippen LogP contribution in [0.25, 0.3) is 0 Å². The van der Waals surface area contributed by atoms with Gasteiger partial charge in [0.25, 0.3) is 0 Å². The molecule has 0 unspecified atom stereocenters. The topological polar surface area (TPSA) is 81.4 Å². The van der Waals surface area contributed by atoms with E-state index < -0.39 is 10.0 Å². The molecule has 1 rings (SSSR count). The number of benzene rings is 1. The van der Waals surface area contributed by atoms with Crippen molar-refractivity contribution in [2.24, 2.45) is 5.73 Å². The molecule has 1 aromatic rings. The van der Waals surface area contributed by atoms with Crippen LogP contribution in [0.5, 0.6) is 0 Å². The first-order chi connectivity index (χ1) is 9.38. The number of nitrogens with two attached hydrogens (primary N) is 1. The van der Waals surface area contributed by atoms with Gasteiger partial charge in [-0.3, -0.25) is 0 Å². The van der Waals surface area contributed by atoms with Gasteiger partial charge < -0.3 is 10.5 Å². The standard InChI is InChI=1S/C12H17ClN2O3S2/c1-2-18-7-3-6-15-20(16,17)9-4-5-10(12(14)19)11(13)8-9/h4-5,8,15H,2-3,6-7H2,1H3,(H2,14,19). The number of thiocarbonyl (C=S) groups is 1. The summed E-state index contributed by atoms with van der Waals surface area (Å²) in [7, 11) is -3.59. The Morgan fingerprint density at radius 1 is 1.50 bits per heavy atom. The fourth-order valence-electron chi connectivity index (χ4n) is 1.47. The van der Waals surface area contributed by atoms with E-state index in [-0.39, 0.29) is 14.9 Å². The summed E-state index contributed by atoms with van der Waals surface area (Å²) in [6.07, 6.45) is 0.603. The molecule has 0 spiro atoms. The molecule has 20 heavy (non-hydrogen) atoms. The van der Waals surface area contributed by atoms with E-state index in [0.29, 0.717) is 31.7 Å². The van der Waals surface area contributed by atoms with E-state index in [2.05, 4.69) is 4.72 Å². The lowest BCUT2D eigenvalue weighted by Crippen LogP contribution is -2.25. The maximum Gasteiger partial charge on any atom is 0.240 e. The largest absolute Gasteiger partial charge is 0.389 e. The van der Waals surface area contributed by atoms with Gasteiger partial charge in [0.1, 0.15) is 4.99 Å². The summed E-state index contributed by atoms with van der Waals surface area (Å²) in [6, 6.07) is 4.26. The normalized spacial score (nSPS) is 11.5. The average molecular weight is 337 g/mol. The fraction of sp³-hybridized carbons (Fsp3) is 0.417. The predicted octanol–water partition coefficient (Wildman–Crippen LogP) is 1.68. The molecule has 0 amide bonds. The first-order valence-electron chi connectivity index (χ1n) is 6.05. The van der Waals surface area contributed by atoms with Gasteiger partial charge in [0, 0.05) is 25.3 Å². The quantitative estimate of drug-likeness (QED) is 0.557. The number of ether oxygens (including phenoxy) is 1. The van der Waals surface area contributed by atoms with Crippen molar-refractivity contribution >= 4 is 38.8 Å². The van der Waals surface area contributed by atoms with E-state index in [1.807, 2.05) is 6.92 Å². The van der Waals surface area contributed by atoms with Crippen molar-refractivity contribution in [1.82, 2.24) is 4.72 Å². The molecule has 0 saturated carbocycles. The van der Waals surface area contributed by atoms with Crippen LogP contribution in [0.15, 0.2) is 23.1 Å². The highest BCUT2D eigenvalue weighted by molar-refractivity contribution is 7.89. The van der Waals surface area contributed by atoms with E-state index in [1.165, 1.54) is 18.2 Å². The number of hydrogen-bond donors (Lipinski definition) is 2. The zero-order valence-electron chi connectivity index (χ0n) is 11.1. The molecule has 0 saturated heterocycles. The minimum Gasteiger partial charge on any atom is -0.389 e. The van der Waals surface area contributed by atoms with Crippen LogP contribution < -0.4 is 10.5 Å². The zero-order chi connectivity index (χ0) is 15.2. The maximum absolute atomic E-state index is 12.0. The Kier molecular flexibility index (Phi) is 6.84. The number of sulfonamides is 1. The van der Waals surface area contributed by atoms with Crippen LogP contribution in [0, 0.1) is 0 Å². The maximum atomic E-state index is 12.0. The van der Waals surface area contributed by atoms with Crippen molar-refractivity contribution in [2.45, 2.75) is 18.2 Å². The molecular weight excluding hydrogens is 320 g/mol. The van der Waals surface area contributed by atoms with Crippen LogP contribution in [0.3, 0.4) is 0 Å². The van der Waals surface area contributed by atoms with Crippen molar-refractivity contribution in [3.05, 3.63) is 28.8 Å². The molecule has 0 aliphatic carbocycles. The molecule has 0 aliphatic rings. The Balaban J connectivity index is 2.73. The van der Waals surface area contributed by atoms with Gasteiger partial charge in [0.15, 0.2) is 0 Å². The highest BCUT2D eigenvalue weighted by atomic mass is 35.5. The van der Waals surface area contributed by atoms with Gasteiger partial charge in [-0.05, 0) is 31.5 Å². The molecule has 0 heterocycles. The SMILES string of the molecule is CCOCCCNS(=O)(=O)c1ccc(C(N)=S)c(Cl)c1. The minimum absolute atomic E-state index is 0.0823. The Bertz CT molecular complexity index is 576. The monoisotopic (exact) mass is 336 g/mol. The molecule has 112 valence electrons. The minimum atomic E-state index is -3.59. The van der Waals surface area contributed by atoms with Gasteiger partial charge in [-0.25, -0.2) is 13.1 Å². The second-order valence-corrected chi connectivity index (χ2v) is 6.57. The number of hydrogen-bond acceptors (Lipinski definition) is 4. The third-order valence-corrected chi connectivity index (χ3v) is 4.47. The van der Waals surface area contributed by atoms with Crippen molar-refractivity contribution < 1.29 is 13.2 Å². The summed E-state index contributed by atoms with van der Waals surface area (Å²) in [5, 5.41) is 0.217. The molecule has 5 nitrogen and oxygen atoms in total. The Hall–Kier alpha value is -0.730. The third kappa shape index (κ3) is 4.99. The number of nitrogens with one attached hydrogen (secondary N) is 1. The van der Waals surface area contributed by atoms with Crippen molar-refractivity contribution in [3.8, 4) is 0 Å². The van der Waals surface area contributed by atoms with Crippen LogP contribution in [0.1, 0.15) is 18.9 Å². The summed E-state index contributed by atoms with van der Waals surface area (Å²) in [6.45, 7) is 3.32. The molecule has 0 radical (unpaired) electrons. The van der Waals surface area contributed by atoms with Gasteiger partial charge in [-0.2, -0.15) is 0 Å². The Morgan fingerprint density at radius 3 is 2.75 bits per heavy atom. The third-order valence-electron chi connectivity index (χ3n) is 2.48. The molecule has 0 atom stereocenters. The molecule has 0 bridgehead atoms. The average Bonchev–Trinajstić information content (AvgIpc) is 2.37. The van der Waals surface area contributed by atoms with Gasteiger partial charge >= 0.3 is 0 Å². The smallest absolute Gasteiger partial charge is 0.240 e. The van der Waals surface area contributed by atoms with Crippen LogP contribution in [0.2, 0.25) is 5.02 Å². The van der Waals surface area contributed by atoms with E-state index in [1.54, 1.807) is 0 Å². The summed E-state index contributed by atoms with van der Waals surface area (Å²) in [5.41, 5.74) is 5.92. The van der Waals surface area contributed by atoms with Crippen molar-refractivity contribution in [2.75, 3.05) is 19.8 Å². The second-order valence-electron chi connectivity index (χ2n) is 3.95. The molecule has 0 fully saturated rings. The van der Waals surface area contributed by atoms with Crippen LogP contribution in [0.4, 0.5) is 0 Å². The van der Waals surface area contributed by atoms with Crippen molar-refractivity contribution in [1.29, 1.82) is 0 Å². The van der Waals surface area contributed by atoms with Gasteiger partial charge in [0.05, 0.1) is 9.92 Å². The number of halogens is 1. The molecule has 0 aromatic heterocycles. The van der Waals surface area contributed by atoms with Gasteiger partial charge in [0.2, 0.25) is 10.0 Å². The van der Waals surface area contributed by atoms with Crippen LogP contribution >= 0.6 is 23.8 Å². The van der Waals surface area contributed by atoms with E-state index in [0.717, 1.165) is 0 Å². The summed E-state index contributed by atoms with van der Waals surface area (Å²) in [4.78, 5) is 0.211. The van der Waals surface area contributed by atoms with Gasteiger partial charge in [-0.15, -0.1) is 0 Å². The Morgan fingerprint density at radius 2 is 2.20 bits per heavy atom. The zero-order valence-corrected chi connectivity index (χ0v) is 13.4. The lowest BCUT2D eigenvalue weighted by molar-refractivity contribution is 0.146. The lowest BCUT2D eigenvalue weighted by Gasteiger charge is -2.09. The predicted molar refractivity (Wildman–Crippen MR) is 83.6 cm³/mol. The highest BCUT2D eigenvalue weighted by Crippen LogP contribution is 2.20. The van der Waals surface area contributed by atoms with Crippen LogP contribution in [-0.2, 0) is 14.8 Å². The Labute approximate surface area is 129 Å². The van der Waals surface area contributed by atoms with E-state index in [9.17, 15) is 8.42 Å². The van der Waals surface area contributed by atoms with Crippen molar-refractivity contribution in [3.63, 3.8) is 0 Å².